The number of hydrogen-bond donors (Lipinski definition) is 0. The topological polar surface area (TPSA) is 54.0 Å². The summed E-state index contributed by atoms with van der Waals surface area (Å²) in [6.07, 6.45) is 2.69. The first-order valence-corrected chi connectivity index (χ1v) is 14.7. The number of halogens is 1. The Balaban J connectivity index is 1.28. The van der Waals surface area contributed by atoms with Gasteiger partial charge in [0.25, 0.3) is 0 Å². The molecule has 0 aliphatic carbocycles. The normalized spacial score (nSPS) is 15.3. The molecule has 204 valence electrons. The van der Waals surface area contributed by atoms with Gasteiger partial charge in [-0.05, 0) is 54.3 Å². The Hall–Kier alpha value is -2.98. The standard InChI is InChI=1S/C29H32ClN5O2S2/c1-33(23-13-14-34(19-23)17-21-7-5-4-6-8-21)27-12-11-25(16-26(27)30)39-35(29-31-20-32-38-29)18-22-9-10-24(36-2)15-28(22)37-3/h4-12,15-16,20,23H,13-14,17-19H2,1-3H3. The fourth-order valence-electron chi connectivity index (χ4n) is 4.82. The molecule has 0 saturated carbocycles. The average molecular weight is 582 g/mol. The number of aromatic nitrogens is 2. The van der Waals surface area contributed by atoms with Crippen molar-refractivity contribution >= 4 is 45.9 Å². The summed E-state index contributed by atoms with van der Waals surface area (Å²) in [4.78, 5) is 10.3. The summed E-state index contributed by atoms with van der Waals surface area (Å²) >= 11 is 9.81. The number of nitrogens with zero attached hydrogens (tertiary/aromatic N) is 5. The van der Waals surface area contributed by atoms with Crippen molar-refractivity contribution in [3.8, 4) is 11.5 Å². The Morgan fingerprint density at radius 3 is 2.64 bits per heavy atom. The maximum absolute atomic E-state index is 6.87. The Labute approximate surface area is 243 Å². The lowest BCUT2D eigenvalue weighted by Crippen LogP contribution is -2.34. The number of likely N-dealkylation sites (tertiary alicyclic amines) is 1. The largest absolute Gasteiger partial charge is 0.497 e. The van der Waals surface area contributed by atoms with Gasteiger partial charge in [0.1, 0.15) is 17.8 Å². The van der Waals surface area contributed by atoms with E-state index in [9.17, 15) is 0 Å². The molecule has 7 nitrogen and oxygen atoms in total. The Kier molecular flexibility index (Phi) is 9.13. The molecule has 4 aromatic rings. The highest BCUT2D eigenvalue weighted by molar-refractivity contribution is 8.00. The van der Waals surface area contributed by atoms with Crippen molar-refractivity contribution in [1.82, 2.24) is 14.3 Å². The predicted molar refractivity (Wildman–Crippen MR) is 161 cm³/mol. The van der Waals surface area contributed by atoms with E-state index in [4.69, 9.17) is 21.1 Å². The molecule has 1 saturated heterocycles. The molecule has 1 aromatic heterocycles. The number of anilines is 2. The van der Waals surface area contributed by atoms with Gasteiger partial charge in [0, 0.05) is 60.8 Å². The molecule has 0 radical (unpaired) electrons. The summed E-state index contributed by atoms with van der Waals surface area (Å²) in [5.74, 6) is 1.51. The molecule has 39 heavy (non-hydrogen) atoms. The maximum atomic E-state index is 6.87. The minimum absolute atomic E-state index is 0.421. The van der Waals surface area contributed by atoms with Crippen LogP contribution in [0.2, 0.25) is 5.02 Å². The molecular formula is C29H32ClN5O2S2. The lowest BCUT2D eigenvalue weighted by atomic mass is 10.2. The number of methoxy groups -OCH3 is 2. The van der Waals surface area contributed by atoms with Crippen LogP contribution in [0, 0.1) is 0 Å². The van der Waals surface area contributed by atoms with Gasteiger partial charge in [-0.1, -0.05) is 41.9 Å². The number of rotatable bonds is 11. The van der Waals surface area contributed by atoms with Crippen LogP contribution in [-0.4, -0.2) is 54.7 Å². The lowest BCUT2D eigenvalue weighted by Gasteiger charge is -2.28. The van der Waals surface area contributed by atoms with Gasteiger partial charge in [0.15, 0.2) is 0 Å². The predicted octanol–water partition coefficient (Wildman–Crippen LogP) is 6.63. The van der Waals surface area contributed by atoms with Gasteiger partial charge in [-0.15, -0.1) is 0 Å². The number of hydrogen-bond acceptors (Lipinski definition) is 9. The van der Waals surface area contributed by atoms with Crippen LogP contribution in [0.25, 0.3) is 0 Å². The minimum Gasteiger partial charge on any atom is -0.497 e. The van der Waals surface area contributed by atoms with E-state index in [-0.39, 0.29) is 0 Å². The minimum atomic E-state index is 0.421. The van der Waals surface area contributed by atoms with Crippen molar-refractivity contribution in [2.24, 2.45) is 0 Å². The van der Waals surface area contributed by atoms with Gasteiger partial charge >= 0.3 is 0 Å². The first kappa shape index (κ1) is 27.6. The van der Waals surface area contributed by atoms with Crippen molar-refractivity contribution in [1.29, 1.82) is 0 Å². The number of likely N-dealkylation sites (N-methyl/N-ethyl adjacent to an activating group) is 1. The molecule has 1 aliphatic rings. The monoisotopic (exact) mass is 581 g/mol. The van der Waals surface area contributed by atoms with Crippen LogP contribution in [-0.2, 0) is 13.1 Å². The summed E-state index contributed by atoms with van der Waals surface area (Å²) in [5.41, 5.74) is 3.42. The summed E-state index contributed by atoms with van der Waals surface area (Å²) in [6.45, 7) is 3.66. The quantitative estimate of drug-likeness (QED) is 0.183. The SMILES string of the molecule is COc1ccc(CN(Sc2ccc(N(C)C3CCN(Cc4ccccc4)C3)c(Cl)c2)c2ncns2)c(OC)c1. The van der Waals surface area contributed by atoms with Crippen LogP contribution in [0.5, 0.6) is 11.5 Å². The van der Waals surface area contributed by atoms with Crippen molar-refractivity contribution < 1.29 is 9.47 Å². The highest BCUT2D eigenvalue weighted by atomic mass is 35.5. The summed E-state index contributed by atoms with van der Waals surface area (Å²) in [5, 5.41) is 1.54. The van der Waals surface area contributed by atoms with E-state index in [1.165, 1.54) is 17.1 Å². The second-order valence-electron chi connectivity index (χ2n) is 9.42. The van der Waals surface area contributed by atoms with Gasteiger partial charge < -0.3 is 14.4 Å². The number of ether oxygens (including phenoxy) is 2. The zero-order valence-corrected chi connectivity index (χ0v) is 24.7. The molecule has 10 heteroatoms. The van der Waals surface area contributed by atoms with Crippen molar-refractivity contribution in [3.63, 3.8) is 0 Å². The van der Waals surface area contributed by atoms with Crippen LogP contribution >= 0.6 is 35.1 Å². The van der Waals surface area contributed by atoms with E-state index < -0.39 is 0 Å². The average Bonchev–Trinajstić information content (AvgIpc) is 3.66. The molecule has 5 rings (SSSR count). The smallest absolute Gasteiger partial charge is 0.215 e. The van der Waals surface area contributed by atoms with E-state index in [2.05, 4.69) is 73.0 Å². The van der Waals surface area contributed by atoms with Crippen LogP contribution in [0.4, 0.5) is 10.8 Å². The van der Waals surface area contributed by atoms with Crippen molar-refractivity contribution in [2.75, 3.05) is 43.6 Å². The fourth-order valence-corrected chi connectivity index (χ4v) is 6.73. The zero-order chi connectivity index (χ0) is 27.2. The van der Waals surface area contributed by atoms with Crippen LogP contribution in [0.15, 0.2) is 78.0 Å². The van der Waals surface area contributed by atoms with E-state index in [0.717, 1.165) is 63.9 Å². The second-order valence-corrected chi connectivity index (χ2v) is 11.7. The van der Waals surface area contributed by atoms with Crippen LogP contribution < -0.4 is 18.7 Å². The van der Waals surface area contributed by atoms with Crippen LogP contribution in [0.3, 0.4) is 0 Å². The van der Waals surface area contributed by atoms with E-state index in [1.807, 2.05) is 24.3 Å². The molecule has 0 spiro atoms. The second kappa shape index (κ2) is 12.9. The summed E-state index contributed by atoms with van der Waals surface area (Å²) < 4.78 is 17.3. The lowest BCUT2D eigenvalue weighted by molar-refractivity contribution is 0.326. The van der Waals surface area contributed by atoms with Gasteiger partial charge in [-0.2, -0.15) is 4.37 Å². The Morgan fingerprint density at radius 2 is 1.92 bits per heavy atom. The molecule has 3 aromatic carbocycles. The zero-order valence-electron chi connectivity index (χ0n) is 22.3. The van der Waals surface area contributed by atoms with E-state index in [1.54, 1.807) is 32.5 Å². The Bertz CT molecular complexity index is 1360. The highest BCUT2D eigenvalue weighted by Gasteiger charge is 2.27. The van der Waals surface area contributed by atoms with E-state index >= 15 is 0 Å². The molecule has 1 fully saturated rings. The molecule has 1 atom stereocenters. The highest BCUT2D eigenvalue weighted by Crippen LogP contribution is 2.38. The Morgan fingerprint density at radius 1 is 1.08 bits per heavy atom. The fraction of sp³-hybridized carbons (Fsp3) is 0.310. The molecular weight excluding hydrogens is 550 g/mol. The first-order valence-electron chi connectivity index (χ1n) is 12.8. The third-order valence-corrected chi connectivity index (χ3v) is 9.02. The molecule has 0 amide bonds. The molecule has 1 aliphatic heterocycles. The summed E-state index contributed by atoms with van der Waals surface area (Å²) in [7, 11) is 5.46. The van der Waals surface area contributed by atoms with Crippen molar-refractivity contribution in [3.05, 3.63) is 89.2 Å². The molecule has 1 unspecified atom stereocenters. The third kappa shape index (κ3) is 6.78. The maximum Gasteiger partial charge on any atom is 0.215 e. The number of benzene rings is 3. The van der Waals surface area contributed by atoms with Gasteiger partial charge in [0.05, 0.1) is 31.5 Å². The molecule has 2 heterocycles. The van der Waals surface area contributed by atoms with Gasteiger partial charge in [-0.25, -0.2) is 4.98 Å². The third-order valence-electron chi connectivity index (χ3n) is 6.93. The molecule has 0 bridgehead atoms. The van der Waals surface area contributed by atoms with Gasteiger partial charge in [-0.3, -0.25) is 9.21 Å². The molecule has 0 N–H and O–H groups in total. The van der Waals surface area contributed by atoms with Gasteiger partial charge in [0.2, 0.25) is 5.13 Å². The first-order chi connectivity index (χ1) is 19.0. The summed E-state index contributed by atoms with van der Waals surface area (Å²) in [6, 6.07) is 23.2. The van der Waals surface area contributed by atoms with E-state index in [0.29, 0.717) is 12.6 Å². The van der Waals surface area contributed by atoms with Crippen molar-refractivity contribution in [2.45, 2.75) is 30.4 Å². The van der Waals surface area contributed by atoms with Crippen LogP contribution in [0.1, 0.15) is 17.5 Å².